The van der Waals surface area contributed by atoms with Crippen molar-refractivity contribution in [2.45, 2.75) is 25.8 Å². The highest BCUT2D eigenvalue weighted by Crippen LogP contribution is 2.23. The third-order valence-corrected chi connectivity index (χ3v) is 5.27. The summed E-state index contributed by atoms with van der Waals surface area (Å²) in [5.41, 5.74) is 2.19. The summed E-state index contributed by atoms with van der Waals surface area (Å²) in [4.78, 5) is 25.9. The average molecular weight is 377 g/mol. The number of aromatic nitrogens is 2. The Balaban J connectivity index is 1.55. The fourth-order valence-electron chi connectivity index (χ4n) is 3.66. The zero-order chi connectivity index (χ0) is 19.5. The number of hydrazone groups is 1. The fraction of sp³-hybridized carbons (Fsp3) is 0.333. The molecule has 3 heterocycles. The van der Waals surface area contributed by atoms with Crippen LogP contribution in [0.5, 0.6) is 0 Å². The molecule has 2 aliphatic heterocycles. The van der Waals surface area contributed by atoms with Crippen molar-refractivity contribution in [3.8, 4) is 0 Å². The van der Waals surface area contributed by atoms with Gasteiger partial charge >= 0.3 is 0 Å². The monoisotopic (exact) mass is 377 g/mol. The Morgan fingerprint density at radius 2 is 1.86 bits per heavy atom. The van der Waals surface area contributed by atoms with Crippen molar-refractivity contribution in [1.82, 2.24) is 14.7 Å². The Hall–Kier alpha value is -3.22. The number of hydrogen-bond acceptors (Lipinski definition) is 5. The van der Waals surface area contributed by atoms with Gasteiger partial charge < -0.3 is 4.90 Å². The van der Waals surface area contributed by atoms with Crippen molar-refractivity contribution >= 4 is 23.4 Å². The van der Waals surface area contributed by atoms with Gasteiger partial charge in [0, 0.05) is 44.1 Å². The lowest BCUT2D eigenvalue weighted by Gasteiger charge is -2.32. The fourth-order valence-corrected chi connectivity index (χ4v) is 3.66. The maximum Gasteiger partial charge on any atom is 0.219 e. The molecule has 7 nitrogen and oxygen atoms in total. The zero-order valence-corrected chi connectivity index (χ0v) is 15.9. The molecule has 144 valence electrons. The molecule has 0 N–H and O–H groups in total. The summed E-state index contributed by atoms with van der Waals surface area (Å²) in [6, 6.07) is 11.6. The van der Waals surface area contributed by atoms with Crippen LogP contribution >= 0.6 is 0 Å². The third kappa shape index (κ3) is 3.74. The molecule has 0 bridgehead atoms. The number of amides is 1. The van der Waals surface area contributed by atoms with Gasteiger partial charge in [-0.15, -0.1) is 0 Å². The molecule has 1 amide bonds. The highest BCUT2D eigenvalue weighted by atomic mass is 16.2. The zero-order valence-electron chi connectivity index (χ0n) is 15.9. The summed E-state index contributed by atoms with van der Waals surface area (Å²) in [5, 5.41) is 10.9. The number of likely N-dealkylation sites (tertiary alicyclic amines) is 1. The first-order valence-electron chi connectivity index (χ1n) is 9.53. The van der Waals surface area contributed by atoms with Crippen LogP contribution < -0.4 is 10.4 Å². The second kappa shape index (κ2) is 7.80. The van der Waals surface area contributed by atoms with Crippen molar-refractivity contribution in [3.05, 3.63) is 64.6 Å². The minimum atomic E-state index is -0.0908. The average Bonchev–Trinajstić information content (AvgIpc) is 2.75. The number of nitrogens with zero attached hydrogens (tertiary/aromatic N) is 5. The lowest BCUT2D eigenvalue weighted by molar-refractivity contribution is -0.130. The smallest absolute Gasteiger partial charge is 0.219 e. The standard InChI is InChI=1S/C21H23N5O2/c1-16(27)24-12-8-19(9-13-24)25-14-10-20(28)21(23-25)17-7-11-22-26(15-17)18-5-3-2-4-6-18/h2-7,10-11,14,19H,8-9,12-13,15H2,1H3. The molecule has 1 aromatic heterocycles. The second-order valence-electron chi connectivity index (χ2n) is 7.10. The predicted molar refractivity (Wildman–Crippen MR) is 109 cm³/mol. The summed E-state index contributed by atoms with van der Waals surface area (Å²) < 4.78 is 1.88. The van der Waals surface area contributed by atoms with Crippen LogP contribution in [0, 0.1) is 0 Å². The van der Waals surface area contributed by atoms with Gasteiger partial charge in [-0.05, 0) is 31.1 Å². The first kappa shape index (κ1) is 18.2. The summed E-state index contributed by atoms with van der Waals surface area (Å²) in [6.07, 6.45) is 6.99. The summed E-state index contributed by atoms with van der Waals surface area (Å²) in [6.45, 7) is 3.54. The molecular formula is C21H23N5O2. The lowest BCUT2D eigenvalue weighted by Crippen LogP contribution is -2.38. The van der Waals surface area contributed by atoms with Crippen molar-refractivity contribution < 1.29 is 4.79 Å². The van der Waals surface area contributed by atoms with Crippen LogP contribution in [0.15, 0.2) is 58.6 Å². The molecule has 2 aromatic rings. The number of benzene rings is 1. The predicted octanol–water partition coefficient (Wildman–Crippen LogP) is 2.32. The van der Waals surface area contributed by atoms with E-state index in [9.17, 15) is 9.59 Å². The number of rotatable bonds is 3. The maximum absolute atomic E-state index is 12.5. The van der Waals surface area contributed by atoms with E-state index >= 15 is 0 Å². The molecule has 28 heavy (non-hydrogen) atoms. The number of carbonyl (C=O) groups excluding carboxylic acids is 1. The van der Waals surface area contributed by atoms with Crippen molar-refractivity contribution in [2.24, 2.45) is 5.10 Å². The molecule has 0 saturated carbocycles. The van der Waals surface area contributed by atoms with Crippen LogP contribution in [0.2, 0.25) is 0 Å². The molecule has 0 spiro atoms. The molecule has 1 saturated heterocycles. The number of piperidine rings is 1. The first-order chi connectivity index (χ1) is 13.6. The van der Waals surface area contributed by atoms with E-state index in [-0.39, 0.29) is 17.4 Å². The van der Waals surface area contributed by atoms with E-state index in [1.165, 1.54) is 0 Å². The van der Waals surface area contributed by atoms with Crippen LogP contribution in [-0.4, -0.2) is 46.4 Å². The Morgan fingerprint density at radius 3 is 2.57 bits per heavy atom. The number of carbonyl (C=O) groups is 1. The van der Waals surface area contributed by atoms with Crippen LogP contribution in [0.4, 0.5) is 5.69 Å². The van der Waals surface area contributed by atoms with Gasteiger partial charge in [0.2, 0.25) is 11.3 Å². The van der Waals surface area contributed by atoms with E-state index in [1.807, 2.05) is 51.0 Å². The van der Waals surface area contributed by atoms with Crippen LogP contribution in [0.1, 0.15) is 31.5 Å². The molecule has 0 unspecified atom stereocenters. The van der Waals surface area contributed by atoms with Crippen molar-refractivity contribution in [3.63, 3.8) is 0 Å². The minimum absolute atomic E-state index is 0.0908. The normalized spacial score (nSPS) is 17.5. The first-order valence-corrected chi connectivity index (χ1v) is 9.53. The van der Waals surface area contributed by atoms with E-state index in [4.69, 9.17) is 0 Å². The molecule has 1 aromatic carbocycles. The molecule has 2 aliphatic rings. The van der Waals surface area contributed by atoms with Gasteiger partial charge in [-0.3, -0.25) is 19.3 Å². The number of anilines is 1. The maximum atomic E-state index is 12.5. The summed E-state index contributed by atoms with van der Waals surface area (Å²) in [5.74, 6) is 0.111. The van der Waals surface area contributed by atoms with Gasteiger partial charge in [0.15, 0.2) is 0 Å². The van der Waals surface area contributed by atoms with Gasteiger partial charge in [-0.25, -0.2) is 0 Å². The number of allylic oxidation sites excluding steroid dienone is 1. The SMILES string of the molecule is CC(=O)N1CCC(n2ccc(=O)c(C3=CC=NN(c4ccccc4)C3)n2)CC1. The minimum Gasteiger partial charge on any atom is -0.343 e. The van der Waals surface area contributed by atoms with Crippen molar-refractivity contribution in [1.29, 1.82) is 0 Å². The van der Waals surface area contributed by atoms with Gasteiger partial charge in [0.1, 0.15) is 5.69 Å². The summed E-state index contributed by atoms with van der Waals surface area (Å²) in [7, 11) is 0. The van der Waals surface area contributed by atoms with Gasteiger partial charge in [-0.2, -0.15) is 10.2 Å². The number of hydrogen-bond donors (Lipinski definition) is 0. The lowest BCUT2D eigenvalue weighted by atomic mass is 10.0. The highest BCUT2D eigenvalue weighted by molar-refractivity contribution is 5.88. The molecule has 1 fully saturated rings. The molecular weight excluding hydrogens is 354 g/mol. The molecule has 0 atom stereocenters. The second-order valence-corrected chi connectivity index (χ2v) is 7.10. The molecule has 7 heteroatoms. The molecule has 4 rings (SSSR count). The Bertz CT molecular complexity index is 972. The topological polar surface area (TPSA) is 70.8 Å². The van der Waals surface area contributed by atoms with E-state index in [0.717, 1.165) is 37.2 Å². The van der Waals surface area contributed by atoms with Gasteiger partial charge in [0.25, 0.3) is 0 Å². The van der Waals surface area contributed by atoms with E-state index < -0.39 is 0 Å². The summed E-state index contributed by atoms with van der Waals surface area (Å²) >= 11 is 0. The van der Waals surface area contributed by atoms with Crippen LogP contribution in [0.3, 0.4) is 0 Å². The van der Waals surface area contributed by atoms with E-state index in [0.29, 0.717) is 12.2 Å². The molecule has 0 radical (unpaired) electrons. The Kier molecular flexibility index (Phi) is 5.06. The Labute approximate surface area is 163 Å². The van der Waals surface area contributed by atoms with Crippen LogP contribution in [-0.2, 0) is 4.79 Å². The Morgan fingerprint density at radius 1 is 1.11 bits per heavy atom. The van der Waals surface area contributed by atoms with Crippen LogP contribution in [0.25, 0.3) is 5.57 Å². The van der Waals surface area contributed by atoms with Crippen molar-refractivity contribution in [2.75, 3.05) is 24.6 Å². The highest BCUT2D eigenvalue weighted by Gasteiger charge is 2.23. The van der Waals surface area contributed by atoms with Gasteiger partial charge in [0.05, 0.1) is 18.3 Å². The van der Waals surface area contributed by atoms with Gasteiger partial charge in [-0.1, -0.05) is 18.2 Å². The van der Waals surface area contributed by atoms with E-state index in [2.05, 4.69) is 10.2 Å². The molecule has 0 aliphatic carbocycles. The van der Waals surface area contributed by atoms with E-state index in [1.54, 1.807) is 25.4 Å². The third-order valence-electron chi connectivity index (χ3n) is 5.27. The largest absolute Gasteiger partial charge is 0.343 e. The number of para-hydroxylation sites is 1. The quantitative estimate of drug-likeness (QED) is 0.823.